The lowest BCUT2D eigenvalue weighted by Crippen LogP contribution is -2.40. The van der Waals surface area contributed by atoms with E-state index in [-0.39, 0.29) is 11.9 Å². The molecular formula is C27H26N2O2. The second-order valence-corrected chi connectivity index (χ2v) is 8.08. The zero-order chi connectivity index (χ0) is 21.4. The number of aromatic amines is 1. The molecule has 1 unspecified atom stereocenters. The molecule has 4 heteroatoms. The Morgan fingerprint density at radius 2 is 1.77 bits per heavy atom. The third kappa shape index (κ3) is 3.48. The normalized spacial score (nSPS) is 15.7. The van der Waals surface area contributed by atoms with Crippen molar-refractivity contribution in [1.82, 2.24) is 9.88 Å². The topological polar surface area (TPSA) is 45.3 Å². The summed E-state index contributed by atoms with van der Waals surface area (Å²) >= 11 is 0. The van der Waals surface area contributed by atoms with Crippen LogP contribution in [0.15, 0.2) is 72.8 Å². The lowest BCUT2D eigenvalue weighted by Gasteiger charge is -2.36. The third-order valence-electron chi connectivity index (χ3n) is 6.10. The summed E-state index contributed by atoms with van der Waals surface area (Å²) in [5.41, 5.74) is 6.49. The number of benzene rings is 3. The molecule has 1 amide bonds. The maximum absolute atomic E-state index is 13.6. The molecule has 0 aliphatic carbocycles. The van der Waals surface area contributed by atoms with Gasteiger partial charge in [-0.05, 0) is 61.7 Å². The number of fused-ring (bicyclic) bond motifs is 3. The molecule has 1 atom stereocenters. The summed E-state index contributed by atoms with van der Waals surface area (Å²) in [6.07, 6.45) is 0.838. The molecule has 1 aromatic heterocycles. The van der Waals surface area contributed by atoms with Crippen LogP contribution in [0.2, 0.25) is 0 Å². The Balaban J connectivity index is 1.61. The van der Waals surface area contributed by atoms with E-state index >= 15 is 0 Å². The molecule has 1 aliphatic rings. The fraction of sp³-hybridized carbons (Fsp3) is 0.222. The highest BCUT2D eigenvalue weighted by Gasteiger charge is 2.34. The SMILES string of the molecule is CCOc1ccc(C2c3[nH]c4ccccc4c3CCN2C(=O)c2ccc(C)cc2)cc1. The Hall–Kier alpha value is -3.53. The number of para-hydroxylation sites is 1. The van der Waals surface area contributed by atoms with Gasteiger partial charge in [0.1, 0.15) is 5.75 Å². The van der Waals surface area contributed by atoms with Crippen LogP contribution in [0.3, 0.4) is 0 Å². The fourth-order valence-electron chi connectivity index (χ4n) is 4.58. The molecule has 31 heavy (non-hydrogen) atoms. The van der Waals surface area contributed by atoms with E-state index < -0.39 is 0 Å². The maximum Gasteiger partial charge on any atom is 0.254 e. The summed E-state index contributed by atoms with van der Waals surface area (Å²) in [6.45, 7) is 5.33. The van der Waals surface area contributed by atoms with Crippen LogP contribution in [0.4, 0.5) is 0 Å². The first-order valence-corrected chi connectivity index (χ1v) is 10.9. The monoisotopic (exact) mass is 410 g/mol. The van der Waals surface area contributed by atoms with Crippen LogP contribution in [-0.2, 0) is 6.42 Å². The highest BCUT2D eigenvalue weighted by Crippen LogP contribution is 2.39. The third-order valence-corrected chi connectivity index (χ3v) is 6.10. The molecule has 0 saturated heterocycles. The summed E-state index contributed by atoms with van der Waals surface area (Å²) in [5.74, 6) is 0.901. The van der Waals surface area contributed by atoms with Gasteiger partial charge in [-0.25, -0.2) is 0 Å². The van der Waals surface area contributed by atoms with Gasteiger partial charge in [-0.1, -0.05) is 48.0 Å². The van der Waals surface area contributed by atoms with E-state index in [2.05, 4.69) is 35.3 Å². The van der Waals surface area contributed by atoms with Crippen LogP contribution in [0.5, 0.6) is 5.75 Å². The predicted octanol–water partition coefficient (Wildman–Crippen LogP) is 5.66. The van der Waals surface area contributed by atoms with E-state index in [1.165, 1.54) is 10.9 Å². The highest BCUT2D eigenvalue weighted by atomic mass is 16.5. The second-order valence-electron chi connectivity index (χ2n) is 8.08. The molecule has 1 aliphatic heterocycles. The number of nitrogens with zero attached hydrogens (tertiary/aromatic N) is 1. The van der Waals surface area contributed by atoms with Gasteiger partial charge >= 0.3 is 0 Å². The van der Waals surface area contributed by atoms with Crippen molar-refractivity contribution in [3.05, 3.63) is 101 Å². The van der Waals surface area contributed by atoms with E-state index in [0.717, 1.165) is 40.1 Å². The number of hydrogen-bond donors (Lipinski definition) is 1. The van der Waals surface area contributed by atoms with Crippen molar-refractivity contribution < 1.29 is 9.53 Å². The summed E-state index contributed by atoms with van der Waals surface area (Å²) in [7, 11) is 0. The van der Waals surface area contributed by atoms with Crippen molar-refractivity contribution in [3.8, 4) is 5.75 Å². The number of rotatable bonds is 4. The lowest BCUT2D eigenvalue weighted by molar-refractivity contribution is 0.0692. The number of ether oxygens (including phenoxy) is 1. The summed E-state index contributed by atoms with van der Waals surface area (Å²) in [4.78, 5) is 19.2. The van der Waals surface area contributed by atoms with Crippen molar-refractivity contribution in [2.45, 2.75) is 26.3 Å². The van der Waals surface area contributed by atoms with Gasteiger partial charge in [-0.3, -0.25) is 4.79 Å². The molecule has 156 valence electrons. The van der Waals surface area contributed by atoms with Crippen molar-refractivity contribution in [1.29, 1.82) is 0 Å². The van der Waals surface area contributed by atoms with E-state index in [0.29, 0.717) is 13.2 Å². The Bertz CT molecular complexity index is 1220. The Kier molecular flexibility index (Phi) is 4.99. The molecule has 3 aromatic carbocycles. The van der Waals surface area contributed by atoms with E-state index in [9.17, 15) is 4.79 Å². The van der Waals surface area contributed by atoms with Crippen LogP contribution in [0, 0.1) is 6.92 Å². The number of nitrogens with one attached hydrogen (secondary N) is 1. The minimum atomic E-state index is -0.166. The van der Waals surface area contributed by atoms with Gasteiger partial charge in [0, 0.05) is 28.7 Å². The maximum atomic E-state index is 13.6. The molecule has 4 aromatic rings. The standard InChI is InChI=1S/C27H26N2O2/c1-3-31-21-14-12-19(13-15-21)26-25-23(22-6-4-5-7-24(22)28-25)16-17-29(26)27(30)20-10-8-18(2)9-11-20/h4-15,26,28H,3,16-17H2,1-2H3. The number of carbonyl (C=O) groups excluding carboxylic acids is 1. The van der Waals surface area contributed by atoms with Crippen LogP contribution < -0.4 is 4.74 Å². The number of H-pyrrole nitrogens is 1. The molecule has 2 heterocycles. The zero-order valence-electron chi connectivity index (χ0n) is 17.9. The van der Waals surface area contributed by atoms with Gasteiger partial charge in [0.2, 0.25) is 0 Å². The van der Waals surface area contributed by atoms with Crippen molar-refractivity contribution in [2.24, 2.45) is 0 Å². The summed E-state index contributed by atoms with van der Waals surface area (Å²) < 4.78 is 5.63. The fourth-order valence-corrected chi connectivity index (χ4v) is 4.58. The molecule has 0 fully saturated rings. The lowest BCUT2D eigenvalue weighted by atomic mass is 9.91. The van der Waals surface area contributed by atoms with Crippen LogP contribution in [-0.4, -0.2) is 28.9 Å². The number of carbonyl (C=O) groups is 1. The quantitative estimate of drug-likeness (QED) is 0.472. The Labute approximate surface area is 182 Å². The average molecular weight is 411 g/mol. The largest absolute Gasteiger partial charge is 0.494 e. The summed E-state index contributed by atoms with van der Waals surface area (Å²) in [6, 6.07) is 24.2. The number of aromatic nitrogens is 1. The number of aryl methyl sites for hydroxylation is 1. The van der Waals surface area contributed by atoms with Crippen LogP contribution >= 0.6 is 0 Å². The van der Waals surface area contributed by atoms with Gasteiger partial charge < -0.3 is 14.6 Å². The predicted molar refractivity (Wildman–Crippen MR) is 124 cm³/mol. The summed E-state index contributed by atoms with van der Waals surface area (Å²) in [5, 5.41) is 1.25. The molecule has 0 radical (unpaired) electrons. The molecule has 4 nitrogen and oxygen atoms in total. The number of amides is 1. The molecular weight excluding hydrogens is 384 g/mol. The first-order valence-electron chi connectivity index (χ1n) is 10.9. The van der Waals surface area contributed by atoms with Crippen molar-refractivity contribution in [2.75, 3.05) is 13.2 Å². The minimum Gasteiger partial charge on any atom is -0.494 e. The van der Waals surface area contributed by atoms with Gasteiger partial charge in [-0.15, -0.1) is 0 Å². The smallest absolute Gasteiger partial charge is 0.254 e. The van der Waals surface area contributed by atoms with E-state index in [1.54, 1.807) is 0 Å². The highest BCUT2D eigenvalue weighted by molar-refractivity contribution is 5.95. The minimum absolute atomic E-state index is 0.0585. The molecule has 0 bridgehead atoms. The number of hydrogen-bond acceptors (Lipinski definition) is 2. The molecule has 0 saturated carbocycles. The Morgan fingerprint density at radius 3 is 2.52 bits per heavy atom. The van der Waals surface area contributed by atoms with Gasteiger partial charge in [0.15, 0.2) is 0 Å². The van der Waals surface area contributed by atoms with Crippen LogP contribution in [0.1, 0.15) is 45.7 Å². The first kappa shape index (κ1) is 19.4. The van der Waals surface area contributed by atoms with Crippen molar-refractivity contribution in [3.63, 3.8) is 0 Å². The second kappa shape index (κ2) is 7.95. The zero-order valence-corrected chi connectivity index (χ0v) is 17.9. The molecule has 5 rings (SSSR count). The van der Waals surface area contributed by atoms with Crippen molar-refractivity contribution >= 4 is 16.8 Å². The first-order chi connectivity index (χ1) is 15.2. The van der Waals surface area contributed by atoms with E-state index in [4.69, 9.17) is 4.74 Å². The molecule has 1 N–H and O–H groups in total. The van der Waals surface area contributed by atoms with Crippen LogP contribution in [0.25, 0.3) is 10.9 Å². The van der Waals surface area contributed by atoms with Gasteiger partial charge in [-0.2, -0.15) is 0 Å². The Morgan fingerprint density at radius 1 is 1.03 bits per heavy atom. The van der Waals surface area contributed by atoms with Gasteiger partial charge in [0.05, 0.1) is 12.6 Å². The average Bonchev–Trinajstić information content (AvgIpc) is 3.18. The van der Waals surface area contributed by atoms with E-state index in [1.807, 2.05) is 61.2 Å². The molecule has 0 spiro atoms. The van der Waals surface area contributed by atoms with Gasteiger partial charge in [0.25, 0.3) is 5.91 Å².